The van der Waals surface area contributed by atoms with Gasteiger partial charge in [-0.2, -0.15) is 0 Å². The fraction of sp³-hybridized carbons (Fsp3) is 0.846. The van der Waals surface area contributed by atoms with Crippen LogP contribution in [0.3, 0.4) is 0 Å². The predicted molar refractivity (Wildman–Crippen MR) is 250 cm³/mol. The minimum atomic E-state index is -0.791. The molecule has 0 aliphatic rings. The van der Waals surface area contributed by atoms with Gasteiger partial charge in [0.2, 0.25) is 5.91 Å². The Morgan fingerprint density at radius 1 is 0.500 bits per heavy atom. The maximum atomic E-state index is 13.1. The van der Waals surface area contributed by atoms with E-state index in [1.807, 2.05) is 0 Å². The second-order valence-electron chi connectivity index (χ2n) is 17.2. The lowest BCUT2D eigenvalue weighted by atomic mass is 10.0. The van der Waals surface area contributed by atoms with Crippen LogP contribution in [0.15, 0.2) is 36.5 Å². The Balaban J connectivity index is 4.41. The lowest BCUT2D eigenvalue weighted by Crippen LogP contribution is -2.46. The third-order valence-corrected chi connectivity index (χ3v) is 11.5. The molecule has 0 aliphatic carbocycles. The highest BCUT2D eigenvalue weighted by Crippen LogP contribution is 2.18. The summed E-state index contributed by atoms with van der Waals surface area (Å²) in [6.07, 6.45) is 53.6. The van der Waals surface area contributed by atoms with Crippen molar-refractivity contribution in [2.24, 2.45) is 0 Å². The molecule has 3 unspecified atom stereocenters. The summed E-state index contributed by atoms with van der Waals surface area (Å²) in [7, 11) is 0. The van der Waals surface area contributed by atoms with Crippen LogP contribution >= 0.6 is 0 Å². The molecule has 0 spiro atoms. The summed E-state index contributed by atoms with van der Waals surface area (Å²) in [6, 6.07) is -0.705. The second kappa shape index (κ2) is 46.2. The van der Waals surface area contributed by atoms with Crippen molar-refractivity contribution in [3.8, 4) is 0 Å². The summed E-state index contributed by atoms with van der Waals surface area (Å²) >= 11 is 0. The Kier molecular flexibility index (Phi) is 44.6. The number of carbonyl (C=O) groups is 2. The molecule has 3 N–H and O–H groups in total. The van der Waals surface area contributed by atoms with Crippen molar-refractivity contribution in [1.29, 1.82) is 0 Å². The monoisotopic (exact) mass is 816 g/mol. The van der Waals surface area contributed by atoms with E-state index < -0.39 is 18.2 Å². The molecule has 340 valence electrons. The summed E-state index contributed by atoms with van der Waals surface area (Å²) in [6.45, 7) is 6.39. The molecule has 0 aromatic heterocycles. The zero-order valence-electron chi connectivity index (χ0n) is 38.7. The third kappa shape index (κ3) is 40.8. The van der Waals surface area contributed by atoms with Gasteiger partial charge in [-0.15, -0.1) is 0 Å². The number of ether oxygens (including phenoxy) is 1. The van der Waals surface area contributed by atoms with Crippen molar-refractivity contribution in [2.45, 2.75) is 277 Å². The highest BCUT2D eigenvalue weighted by atomic mass is 16.5. The molecule has 6 nitrogen and oxygen atoms in total. The maximum Gasteiger partial charge on any atom is 0.306 e. The molecule has 1 amide bonds. The molecule has 0 heterocycles. The van der Waals surface area contributed by atoms with E-state index in [-0.39, 0.29) is 24.9 Å². The Labute approximate surface area is 360 Å². The lowest BCUT2D eigenvalue weighted by molar-refractivity contribution is -0.151. The van der Waals surface area contributed by atoms with Crippen molar-refractivity contribution >= 4 is 11.9 Å². The van der Waals surface area contributed by atoms with Gasteiger partial charge in [0, 0.05) is 6.42 Å². The first-order valence-corrected chi connectivity index (χ1v) is 25.2. The average molecular weight is 816 g/mol. The topological polar surface area (TPSA) is 95.9 Å². The standard InChI is InChI=1S/C52H97NO5/c1-4-7-10-13-16-19-21-23-25-27-28-30-32-35-38-41-44-50(55)49(47-54)53-51(56)46-48(43-40-37-34-18-15-12-9-6-3)58-52(57)45-42-39-36-33-31-29-26-24-22-20-17-14-11-8-5-2/h12,15,17,20,22,24,48-50,54-55H,4-11,13-14,16,18-19,21,23,25-47H2,1-3H3,(H,53,56)/b15-12-,20-17+,24-22+. The molecular weight excluding hydrogens is 719 g/mol. The lowest BCUT2D eigenvalue weighted by Gasteiger charge is -2.24. The van der Waals surface area contributed by atoms with E-state index >= 15 is 0 Å². The molecule has 0 aliphatic heterocycles. The van der Waals surface area contributed by atoms with E-state index in [0.717, 1.165) is 83.5 Å². The first-order valence-electron chi connectivity index (χ1n) is 25.2. The Hall–Kier alpha value is -1.92. The van der Waals surface area contributed by atoms with Crippen molar-refractivity contribution in [2.75, 3.05) is 6.61 Å². The number of amides is 1. The zero-order chi connectivity index (χ0) is 42.4. The van der Waals surface area contributed by atoms with Gasteiger partial charge in [0.05, 0.1) is 25.2 Å². The number of nitrogens with one attached hydrogen (secondary N) is 1. The summed E-state index contributed by atoms with van der Waals surface area (Å²) in [5, 5.41) is 23.7. The predicted octanol–water partition coefficient (Wildman–Crippen LogP) is 14.9. The van der Waals surface area contributed by atoms with E-state index in [2.05, 4.69) is 62.5 Å². The van der Waals surface area contributed by atoms with Gasteiger partial charge in [-0.05, 0) is 70.6 Å². The van der Waals surface area contributed by atoms with Gasteiger partial charge in [-0.1, -0.05) is 211 Å². The van der Waals surface area contributed by atoms with E-state index in [9.17, 15) is 19.8 Å². The summed E-state index contributed by atoms with van der Waals surface area (Å²) in [5.74, 6) is -0.501. The normalized spacial score (nSPS) is 13.5. The van der Waals surface area contributed by atoms with Crippen LogP contribution in [0.2, 0.25) is 0 Å². The SMILES string of the molecule is CCC/C=C\CCCCCC(CC(=O)NC(CO)C(O)CCCCCCCCCCCCCCCCCC)OC(=O)CCCCCCCC/C=C/C=C/CCCCC. The van der Waals surface area contributed by atoms with Gasteiger partial charge in [0.15, 0.2) is 0 Å². The van der Waals surface area contributed by atoms with E-state index in [1.54, 1.807) is 0 Å². The number of unbranched alkanes of at least 4 members (excludes halogenated alkanes) is 28. The van der Waals surface area contributed by atoms with Crippen molar-refractivity contribution in [1.82, 2.24) is 5.32 Å². The third-order valence-electron chi connectivity index (χ3n) is 11.5. The number of carbonyl (C=O) groups excluding carboxylic acids is 2. The smallest absolute Gasteiger partial charge is 0.306 e. The first kappa shape index (κ1) is 56.1. The minimum absolute atomic E-state index is 0.0630. The van der Waals surface area contributed by atoms with Crippen molar-refractivity contribution < 1.29 is 24.5 Å². The van der Waals surface area contributed by atoms with Crippen LogP contribution in [-0.4, -0.2) is 46.9 Å². The molecule has 0 aromatic rings. The highest BCUT2D eigenvalue weighted by molar-refractivity contribution is 5.77. The molecule has 0 saturated heterocycles. The number of aliphatic hydroxyl groups excluding tert-OH is 2. The molecule has 6 heteroatoms. The Morgan fingerprint density at radius 3 is 1.45 bits per heavy atom. The van der Waals surface area contributed by atoms with Crippen LogP contribution < -0.4 is 5.32 Å². The molecule has 0 rings (SSSR count). The molecule has 0 fully saturated rings. The van der Waals surface area contributed by atoms with Crippen LogP contribution in [-0.2, 0) is 14.3 Å². The quantitative estimate of drug-likeness (QED) is 0.0246. The fourth-order valence-electron chi connectivity index (χ4n) is 7.60. The Morgan fingerprint density at radius 2 is 0.914 bits per heavy atom. The van der Waals surface area contributed by atoms with Gasteiger partial charge in [0.25, 0.3) is 0 Å². The van der Waals surface area contributed by atoms with Gasteiger partial charge < -0.3 is 20.3 Å². The number of rotatable bonds is 45. The molecule has 0 bridgehead atoms. The van der Waals surface area contributed by atoms with E-state index in [1.165, 1.54) is 128 Å². The van der Waals surface area contributed by atoms with E-state index in [0.29, 0.717) is 19.3 Å². The molecule has 58 heavy (non-hydrogen) atoms. The van der Waals surface area contributed by atoms with Gasteiger partial charge >= 0.3 is 5.97 Å². The van der Waals surface area contributed by atoms with Crippen molar-refractivity contribution in [3.63, 3.8) is 0 Å². The van der Waals surface area contributed by atoms with Crippen molar-refractivity contribution in [3.05, 3.63) is 36.5 Å². The number of allylic oxidation sites excluding steroid dienone is 6. The van der Waals surface area contributed by atoms with Gasteiger partial charge in [0.1, 0.15) is 6.10 Å². The van der Waals surface area contributed by atoms with Crippen LogP contribution in [0.4, 0.5) is 0 Å². The molecular formula is C52H97NO5. The average Bonchev–Trinajstić information content (AvgIpc) is 3.22. The minimum Gasteiger partial charge on any atom is -0.462 e. The zero-order valence-corrected chi connectivity index (χ0v) is 38.7. The number of esters is 1. The van der Waals surface area contributed by atoms with Crippen LogP contribution in [0.5, 0.6) is 0 Å². The van der Waals surface area contributed by atoms with Crippen LogP contribution in [0.25, 0.3) is 0 Å². The summed E-state index contributed by atoms with van der Waals surface area (Å²) in [5.41, 5.74) is 0. The molecule has 0 saturated carbocycles. The van der Waals surface area contributed by atoms with Crippen LogP contribution in [0.1, 0.15) is 258 Å². The molecule has 0 aromatic carbocycles. The number of hydrogen-bond donors (Lipinski definition) is 3. The molecule has 3 atom stereocenters. The number of hydrogen-bond acceptors (Lipinski definition) is 5. The molecule has 0 radical (unpaired) electrons. The Bertz CT molecular complexity index is 961. The van der Waals surface area contributed by atoms with Crippen LogP contribution in [0, 0.1) is 0 Å². The highest BCUT2D eigenvalue weighted by Gasteiger charge is 2.24. The fourth-order valence-corrected chi connectivity index (χ4v) is 7.60. The first-order chi connectivity index (χ1) is 28.5. The van der Waals surface area contributed by atoms with Gasteiger partial charge in [-0.25, -0.2) is 0 Å². The largest absolute Gasteiger partial charge is 0.462 e. The summed E-state index contributed by atoms with van der Waals surface area (Å²) in [4.78, 5) is 26.0. The second-order valence-corrected chi connectivity index (χ2v) is 17.2. The van der Waals surface area contributed by atoms with E-state index in [4.69, 9.17) is 4.74 Å². The van der Waals surface area contributed by atoms with Gasteiger partial charge in [-0.3, -0.25) is 9.59 Å². The maximum absolute atomic E-state index is 13.1. The number of aliphatic hydroxyl groups is 2. The summed E-state index contributed by atoms with van der Waals surface area (Å²) < 4.78 is 5.89.